The Kier molecular flexibility index (Phi) is 5.84. The van der Waals surface area contributed by atoms with Gasteiger partial charge in [-0.3, -0.25) is 0 Å². The van der Waals surface area contributed by atoms with Crippen molar-refractivity contribution in [1.82, 2.24) is 4.72 Å². The zero-order chi connectivity index (χ0) is 17.8. The first-order valence-corrected chi connectivity index (χ1v) is 11.0. The fourth-order valence-corrected chi connectivity index (χ4v) is 4.73. The van der Waals surface area contributed by atoms with Gasteiger partial charge in [0.05, 0.1) is 4.90 Å². The third kappa shape index (κ3) is 4.26. The van der Waals surface area contributed by atoms with Crippen LogP contribution in [0.4, 0.5) is 0 Å². The van der Waals surface area contributed by atoms with Crippen LogP contribution in [-0.2, 0) is 20.2 Å². The predicted octanol–water partition coefficient (Wildman–Crippen LogP) is 3.44. The fraction of sp³-hybridized carbons (Fsp3) is 0.368. The van der Waals surface area contributed by atoms with Crippen LogP contribution in [0.5, 0.6) is 0 Å². The Bertz CT molecular complexity index is 783. The van der Waals surface area contributed by atoms with Crippen molar-refractivity contribution in [1.29, 1.82) is 0 Å². The summed E-state index contributed by atoms with van der Waals surface area (Å²) in [6.07, 6.45) is 3.59. The minimum absolute atomic E-state index is 0.216. The molecule has 0 aromatic heterocycles. The Labute approximate surface area is 154 Å². The SMILES string of the molecule is CSc1ccc(S(=O)(=O)NCC2(c3ccccc3)CCOCC2)cc1. The van der Waals surface area contributed by atoms with Crippen molar-refractivity contribution in [3.8, 4) is 0 Å². The van der Waals surface area contributed by atoms with Crippen molar-refractivity contribution in [3.63, 3.8) is 0 Å². The molecule has 1 aliphatic rings. The highest BCUT2D eigenvalue weighted by Gasteiger charge is 2.35. The standard InChI is InChI=1S/C19H23NO3S2/c1-24-17-7-9-18(10-8-17)25(21,22)20-15-19(11-13-23-14-12-19)16-5-3-2-4-6-16/h2-10,20H,11-15H2,1H3. The van der Waals surface area contributed by atoms with Gasteiger partial charge in [-0.1, -0.05) is 30.3 Å². The van der Waals surface area contributed by atoms with Crippen LogP contribution in [0.25, 0.3) is 0 Å². The van der Waals surface area contributed by atoms with E-state index in [1.165, 1.54) is 5.56 Å². The number of hydrogen-bond acceptors (Lipinski definition) is 4. The van der Waals surface area contributed by atoms with Gasteiger partial charge >= 0.3 is 0 Å². The number of sulfonamides is 1. The molecule has 2 aromatic carbocycles. The van der Waals surface area contributed by atoms with Crippen molar-refractivity contribution in [2.75, 3.05) is 26.0 Å². The van der Waals surface area contributed by atoms with Crippen molar-refractivity contribution in [2.24, 2.45) is 0 Å². The summed E-state index contributed by atoms with van der Waals surface area (Å²) < 4.78 is 33.7. The number of nitrogens with one attached hydrogen (secondary N) is 1. The van der Waals surface area contributed by atoms with E-state index in [1.807, 2.05) is 36.6 Å². The first-order valence-electron chi connectivity index (χ1n) is 8.33. The van der Waals surface area contributed by atoms with E-state index in [9.17, 15) is 8.42 Å². The minimum atomic E-state index is -3.53. The average molecular weight is 378 g/mol. The molecule has 134 valence electrons. The largest absolute Gasteiger partial charge is 0.381 e. The van der Waals surface area contributed by atoms with E-state index >= 15 is 0 Å². The van der Waals surface area contributed by atoms with Crippen molar-refractivity contribution >= 4 is 21.8 Å². The summed E-state index contributed by atoms with van der Waals surface area (Å²) in [6, 6.07) is 17.1. The van der Waals surface area contributed by atoms with Gasteiger partial charge in [-0.2, -0.15) is 0 Å². The first kappa shape index (κ1) is 18.5. The zero-order valence-electron chi connectivity index (χ0n) is 14.3. The molecule has 0 spiro atoms. The molecular weight excluding hydrogens is 354 g/mol. The summed E-state index contributed by atoms with van der Waals surface area (Å²) in [6.45, 7) is 1.69. The maximum Gasteiger partial charge on any atom is 0.240 e. The molecule has 1 N–H and O–H groups in total. The molecule has 1 aliphatic heterocycles. The number of thioether (sulfide) groups is 1. The zero-order valence-corrected chi connectivity index (χ0v) is 15.9. The van der Waals surface area contributed by atoms with Crippen LogP contribution in [0.15, 0.2) is 64.4 Å². The third-order valence-corrected chi connectivity index (χ3v) is 6.97. The Morgan fingerprint density at radius 1 is 1.04 bits per heavy atom. The molecule has 0 atom stereocenters. The fourth-order valence-electron chi connectivity index (χ4n) is 3.19. The number of benzene rings is 2. The molecule has 0 radical (unpaired) electrons. The van der Waals surface area contributed by atoms with E-state index in [-0.39, 0.29) is 5.41 Å². The van der Waals surface area contributed by atoms with Crippen LogP contribution < -0.4 is 4.72 Å². The molecule has 3 rings (SSSR count). The van der Waals surface area contributed by atoms with Gasteiger partial charge in [0.1, 0.15) is 0 Å². The molecule has 25 heavy (non-hydrogen) atoms. The molecule has 4 nitrogen and oxygen atoms in total. The summed E-state index contributed by atoms with van der Waals surface area (Å²) in [5, 5.41) is 0. The Balaban J connectivity index is 1.80. The monoisotopic (exact) mass is 377 g/mol. The minimum Gasteiger partial charge on any atom is -0.381 e. The Morgan fingerprint density at radius 3 is 2.28 bits per heavy atom. The van der Waals surface area contributed by atoms with Gasteiger partial charge in [0, 0.05) is 30.1 Å². The molecule has 1 saturated heterocycles. The number of hydrogen-bond donors (Lipinski definition) is 1. The highest BCUT2D eigenvalue weighted by atomic mass is 32.2. The normalized spacial score (nSPS) is 17.3. The van der Waals surface area contributed by atoms with Gasteiger partial charge in [0.2, 0.25) is 10.0 Å². The molecule has 0 bridgehead atoms. The van der Waals surface area contributed by atoms with Crippen molar-refractivity contribution in [2.45, 2.75) is 28.0 Å². The van der Waals surface area contributed by atoms with E-state index in [4.69, 9.17) is 4.74 Å². The van der Waals surface area contributed by atoms with E-state index < -0.39 is 10.0 Å². The lowest BCUT2D eigenvalue weighted by Gasteiger charge is -2.37. The summed E-state index contributed by atoms with van der Waals surface area (Å²) >= 11 is 1.59. The van der Waals surface area contributed by atoms with E-state index in [0.717, 1.165) is 17.7 Å². The lowest BCUT2D eigenvalue weighted by Crippen LogP contribution is -2.44. The Morgan fingerprint density at radius 2 is 1.68 bits per heavy atom. The van der Waals surface area contributed by atoms with Crippen LogP contribution in [-0.4, -0.2) is 34.4 Å². The van der Waals surface area contributed by atoms with Gasteiger partial charge in [0.25, 0.3) is 0 Å². The quantitative estimate of drug-likeness (QED) is 0.784. The van der Waals surface area contributed by atoms with Gasteiger partial charge in [0.15, 0.2) is 0 Å². The topological polar surface area (TPSA) is 55.4 Å². The lowest BCUT2D eigenvalue weighted by atomic mass is 9.74. The van der Waals surface area contributed by atoms with Crippen LogP contribution in [0.3, 0.4) is 0 Å². The van der Waals surface area contributed by atoms with Gasteiger partial charge in [-0.25, -0.2) is 13.1 Å². The molecule has 0 saturated carbocycles. The third-order valence-electron chi connectivity index (χ3n) is 4.81. The van der Waals surface area contributed by atoms with Crippen LogP contribution in [0.2, 0.25) is 0 Å². The predicted molar refractivity (Wildman–Crippen MR) is 102 cm³/mol. The second-order valence-corrected chi connectivity index (χ2v) is 8.91. The van der Waals surface area contributed by atoms with Gasteiger partial charge < -0.3 is 4.74 Å². The molecule has 1 fully saturated rings. The molecule has 6 heteroatoms. The van der Waals surface area contributed by atoms with Crippen LogP contribution in [0.1, 0.15) is 18.4 Å². The summed E-state index contributed by atoms with van der Waals surface area (Å²) in [5.41, 5.74) is 0.949. The molecular formula is C19H23NO3S2. The smallest absolute Gasteiger partial charge is 0.240 e. The first-order chi connectivity index (χ1) is 12.1. The second-order valence-electron chi connectivity index (χ2n) is 6.26. The maximum absolute atomic E-state index is 12.7. The van der Waals surface area contributed by atoms with Crippen molar-refractivity contribution < 1.29 is 13.2 Å². The molecule has 2 aromatic rings. The highest BCUT2D eigenvalue weighted by Crippen LogP contribution is 2.34. The Hall–Kier alpha value is -1.34. The van der Waals surface area contributed by atoms with E-state index in [2.05, 4.69) is 16.9 Å². The summed E-state index contributed by atoms with van der Waals surface area (Å²) in [4.78, 5) is 1.35. The summed E-state index contributed by atoms with van der Waals surface area (Å²) in [5.74, 6) is 0. The van der Waals surface area contributed by atoms with E-state index in [0.29, 0.717) is 24.7 Å². The molecule has 0 amide bonds. The molecule has 0 unspecified atom stereocenters. The second kappa shape index (κ2) is 7.91. The van der Waals surface area contributed by atoms with Gasteiger partial charge in [-0.05, 0) is 48.9 Å². The lowest BCUT2D eigenvalue weighted by molar-refractivity contribution is 0.0517. The molecule has 1 heterocycles. The maximum atomic E-state index is 12.7. The van der Waals surface area contributed by atoms with Gasteiger partial charge in [-0.15, -0.1) is 11.8 Å². The van der Waals surface area contributed by atoms with E-state index in [1.54, 1.807) is 23.9 Å². The average Bonchev–Trinajstić information content (AvgIpc) is 2.68. The summed E-state index contributed by atoms with van der Waals surface area (Å²) in [7, 11) is -3.53. The molecule has 0 aliphatic carbocycles. The number of rotatable bonds is 6. The highest BCUT2D eigenvalue weighted by molar-refractivity contribution is 7.98. The van der Waals surface area contributed by atoms with Crippen LogP contribution in [0, 0.1) is 0 Å². The van der Waals surface area contributed by atoms with Crippen LogP contribution >= 0.6 is 11.8 Å². The number of ether oxygens (including phenoxy) is 1. The van der Waals surface area contributed by atoms with Crippen molar-refractivity contribution in [3.05, 3.63) is 60.2 Å².